The van der Waals surface area contributed by atoms with Gasteiger partial charge in [0.25, 0.3) is 0 Å². The molecule has 1 rings (SSSR count). The lowest BCUT2D eigenvalue weighted by molar-refractivity contribution is 0.190. The molecule has 0 aromatic heterocycles. The van der Waals surface area contributed by atoms with Crippen molar-refractivity contribution < 1.29 is 4.74 Å². The van der Waals surface area contributed by atoms with E-state index in [1.807, 2.05) is 6.92 Å². The van der Waals surface area contributed by atoms with Gasteiger partial charge in [-0.1, -0.05) is 0 Å². The van der Waals surface area contributed by atoms with Gasteiger partial charge >= 0.3 is 0 Å². The Bertz CT molecular complexity index is 91.6. The SMILES string of the molecule is CC(Cl)CNC1CCOC1. The van der Waals surface area contributed by atoms with E-state index in [0.29, 0.717) is 6.04 Å². The third kappa shape index (κ3) is 2.86. The van der Waals surface area contributed by atoms with Crippen molar-refractivity contribution >= 4 is 11.6 Å². The van der Waals surface area contributed by atoms with Gasteiger partial charge in [0.2, 0.25) is 0 Å². The fraction of sp³-hybridized carbons (Fsp3) is 1.00. The lowest BCUT2D eigenvalue weighted by Crippen LogP contribution is -2.33. The molecule has 2 nitrogen and oxygen atoms in total. The molecular formula is C7H14ClNO. The molecule has 1 aliphatic rings. The summed E-state index contributed by atoms with van der Waals surface area (Å²) in [4.78, 5) is 0. The van der Waals surface area contributed by atoms with Crippen LogP contribution in [0.3, 0.4) is 0 Å². The van der Waals surface area contributed by atoms with Crippen molar-refractivity contribution in [2.45, 2.75) is 24.8 Å². The van der Waals surface area contributed by atoms with E-state index in [1.165, 1.54) is 0 Å². The Morgan fingerprint density at radius 2 is 2.60 bits per heavy atom. The van der Waals surface area contributed by atoms with Crippen LogP contribution in [0.15, 0.2) is 0 Å². The molecule has 0 amide bonds. The molecule has 1 fully saturated rings. The Labute approximate surface area is 66.9 Å². The van der Waals surface area contributed by atoms with Crippen molar-refractivity contribution in [2.75, 3.05) is 19.8 Å². The summed E-state index contributed by atoms with van der Waals surface area (Å²) in [7, 11) is 0. The maximum atomic E-state index is 5.75. The summed E-state index contributed by atoms with van der Waals surface area (Å²) in [5.41, 5.74) is 0. The van der Waals surface area contributed by atoms with Crippen LogP contribution in [0.5, 0.6) is 0 Å². The number of rotatable bonds is 3. The molecule has 1 saturated heterocycles. The van der Waals surface area contributed by atoms with Gasteiger partial charge in [0.05, 0.1) is 6.61 Å². The average Bonchev–Trinajstić information content (AvgIpc) is 2.34. The minimum Gasteiger partial charge on any atom is -0.380 e. The van der Waals surface area contributed by atoms with Crippen molar-refractivity contribution in [3.63, 3.8) is 0 Å². The van der Waals surface area contributed by atoms with Gasteiger partial charge in [-0.2, -0.15) is 0 Å². The van der Waals surface area contributed by atoms with Crippen molar-refractivity contribution in [1.82, 2.24) is 5.32 Å². The summed E-state index contributed by atoms with van der Waals surface area (Å²) in [6.45, 7) is 4.62. The zero-order valence-corrected chi connectivity index (χ0v) is 7.03. The molecule has 0 spiro atoms. The molecule has 10 heavy (non-hydrogen) atoms. The lowest BCUT2D eigenvalue weighted by Gasteiger charge is -2.10. The predicted octanol–water partition coefficient (Wildman–Crippen LogP) is 0.992. The molecule has 0 aliphatic carbocycles. The van der Waals surface area contributed by atoms with Crippen molar-refractivity contribution in [3.05, 3.63) is 0 Å². The minimum atomic E-state index is 0.223. The van der Waals surface area contributed by atoms with Gasteiger partial charge in [-0.3, -0.25) is 0 Å². The second kappa shape index (κ2) is 4.16. The van der Waals surface area contributed by atoms with Gasteiger partial charge in [-0.25, -0.2) is 0 Å². The van der Waals surface area contributed by atoms with Gasteiger partial charge in [-0.05, 0) is 13.3 Å². The van der Waals surface area contributed by atoms with E-state index in [9.17, 15) is 0 Å². The predicted molar refractivity (Wildman–Crippen MR) is 42.5 cm³/mol. The largest absolute Gasteiger partial charge is 0.380 e. The molecule has 60 valence electrons. The topological polar surface area (TPSA) is 21.3 Å². The Hall–Kier alpha value is 0.210. The van der Waals surface area contributed by atoms with Crippen LogP contribution in [-0.4, -0.2) is 31.2 Å². The Morgan fingerprint density at radius 1 is 1.80 bits per heavy atom. The van der Waals surface area contributed by atoms with E-state index in [4.69, 9.17) is 16.3 Å². The molecule has 1 N–H and O–H groups in total. The molecule has 2 atom stereocenters. The molecular weight excluding hydrogens is 150 g/mol. The maximum Gasteiger partial charge on any atom is 0.0620 e. The quantitative estimate of drug-likeness (QED) is 0.627. The monoisotopic (exact) mass is 163 g/mol. The number of hydrogen-bond acceptors (Lipinski definition) is 2. The highest BCUT2D eigenvalue weighted by Gasteiger charge is 2.14. The minimum absolute atomic E-state index is 0.223. The van der Waals surface area contributed by atoms with Crippen molar-refractivity contribution in [1.29, 1.82) is 0 Å². The zero-order valence-electron chi connectivity index (χ0n) is 6.27. The number of ether oxygens (including phenoxy) is 1. The van der Waals surface area contributed by atoms with Gasteiger partial charge in [0, 0.05) is 24.6 Å². The van der Waals surface area contributed by atoms with Crippen LogP contribution >= 0.6 is 11.6 Å². The van der Waals surface area contributed by atoms with Gasteiger partial charge < -0.3 is 10.1 Å². The molecule has 2 unspecified atom stereocenters. The number of halogens is 1. The number of nitrogens with one attached hydrogen (secondary N) is 1. The van der Waals surface area contributed by atoms with E-state index >= 15 is 0 Å². The number of alkyl halides is 1. The molecule has 0 radical (unpaired) electrons. The second-order valence-corrected chi connectivity index (χ2v) is 3.49. The Kier molecular flexibility index (Phi) is 3.46. The van der Waals surface area contributed by atoms with Gasteiger partial charge in [0.15, 0.2) is 0 Å². The molecule has 1 aliphatic heterocycles. The first-order chi connectivity index (χ1) is 4.79. The molecule has 0 saturated carbocycles. The first kappa shape index (κ1) is 8.31. The van der Waals surface area contributed by atoms with Gasteiger partial charge in [-0.15, -0.1) is 11.6 Å². The first-order valence-electron chi connectivity index (χ1n) is 3.74. The lowest BCUT2D eigenvalue weighted by atomic mass is 10.2. The summed E-state index contributed by atoms with van der Waals surface area (Å²) >= 11 is 5.75. The average molecular weight is 164 g/mol. The highest BCUT2D eigenvalue weighted by Crippen LogP contribution is 2.03. The smallest absolute Gasteiger partial charge is 0.0620 e. The van der Waals surface area contributed by atoms with Crippen LogP contribution in [-0.2, 0) is 4.74 Å². The third-order valence-corrected chi connectivity index (χ3v) is 1.77. The Balaban J connectivity index is 2.01. The summed E-state index contributed by atoms with van der Waals surface area (Å²) in [5, 5.41) is 3.55. The summed E-state index contributed by atoms with van der Waals surface area (Å²) in [6.07, 6.45) is 1.13. The van der Waals surface area contributed by atoms with E-state index < -0.39 is 0 Å². The fourth-order valence-electron chi connectivity index (χ4n) is 1.02. The van der Waals surface area contributed by atoms with E-state index in [-0.39, 0.29) is 5.38 Å². The number of hydrogen-bond donors (Lipinski definition) is 1. The van der Waals surface area contributed by atoms with Crippen molar-refractivity contribution in [3.8, 4) is 0 Å². The Morgan fingerprint density at radius 3 is 3.10 bits per heavy atom. The van der Waals surface area contributed by atoms with E-state index in [0.717, 1.165) is 26.2 Å². The van der Waals surface area contributed by atoms with Crippen LogP contribution in [0.25, 0.3) is 0 Å². The second-order valence-electron chi connectivity index (χ2n) is 2.75. The van der Waals surface area contributed by atoms with Crippen LogP contribution in [0.1, 0.15) is 13.3 Å². The molecule has 3 heteroatoms. The maximum absolute atomic E-state index is 5.75. The molecule has 1 heterocycles. The highest BCUT2D eigenvalue weighted by atomic mass is 35.5. The standard InChI is InChI=1S/C7H14ClNO/c1-6(8)4-9-7-2-3-10-5-7/h6-7,9H,2-5H2,1H3. The normalized spacial score (nSPS) is 28.8. The molecule has 0 aromatic carbocycles. The van der Waals surface area contributed by atoms with E-state index in [2.05, 4.69) is 5.32 Å². The molecule has 0 aromatic rings. The van der Waals surface area contributed by atoms with E-state index in [1.54, 1.807) is 0 Å². The third-order valence-electron chi connectivity index (χ3n) is 1.62. The molecule has 0 bridgehead atoms. The van der Waals surface area contributed by atoms with Crippen LogP contribution < -0.4 is 5.32 Å². The summed E-state index contributed by atoms with van der Waals surface area (Å²) in [6, 6.07) is 0.543. The van der Waals surface area contributed by atoms with Crippen LogP contribution in [0.2, 0.25) is 0 Å². The van der Waals surface area contributed by atoms with Crippen LogP contribution in [0, 0.1) is 0 Å². The highest BCUT2D eigenvalue weighted by molar-refractivity contribution is 6.20. The first-order valence-corrected chi connectivity index (χ1v) is 4.18. The van der Waals surface area contributed by atoms with Crippen molar-refractivity contribution in [2.24, 2.45) is 0 Å². The fourth-order valence-corrected chi connectivity index (χ4v) is 1.11. The zero-order chi connectivity index (χ0) is 7.40. The summed E-state index contributed by atoms with van der Waals surface area (Å²) < 4.78 is 5.18. The van der Waals surface area contributed by atoms with Gasteiger partial charge in [0.1, 0.15) is 0 Å². The summed E-state index contributed by atoms with van der Waals surface area (Å²) in [5.74, 6) is 0. The van der Waals surface area contributed by atoms with Crippen LogP contribution in [0.4, 0.5) is 0 Å².